The first-order chi connectivity index (χ1) is 15.8. The minimum atomic E-state index is -4.62. The predicted molar refractivity (Wildman–Crippen MR) is 120 cm³/mol. The number of anilines is 1. The number of hydrogen-bond acceptors (Lipinski definition) is 6. The summed E-state index contributed by atoms with van der Waals surface area (Å²) in [6, 6.07) is 2.03. The number of carbonyl (C=O) groups is 3. The number of benzene rings is 1. The lowest BCUT2D eigenvalue weighted by Gasteiger charge is -2.27. The highest BCUT2D eigenvalue weighted by molar-refractivity contribution is 6.32. The molecule has 1 N–H and O–H groups in total. The smallest absolute Gasteiger partial charge is 0.432 e. The van der Waals surface area contributed by atoms with Gasteiger partial charge in [0.25, 0.3) is 0 Å². The minimum absolute atomic E-state index is 0.216. The number of halogens is 4. The van der Waals surface area contributed by atoms with Crippen molar-refractivity contribution in [1.29, 1.82) is 0 Å². The van der Waals surface area contributed by atoms with Gasteiger partial charge in [0.2, 0.25) is 0 Å². The Morgan fingerprint density at radius 3 is 1.89 bits per heavy atom. The summed E-state index contributed by atoms with van der Waals surface area (Å²) in [4.78, 5) is 38.3. The van der Waals surface area contributed by atoms with Gasteiger partial charge in [-0.3, -0.25) is 0 Å². The number of nitrogens with zero attached hydrogens (tertiary/aromatic N) is 3. The lowest BCUT2D eigenvalue weighted by Crippen LogP contribution is -2.44. The van der Waals surface area contributed by atoms with Gasteiger partial charge in [-0.15, -0.1) is 5.10 Å². The molecule has 1 aromatic carbocycles. The molecule has 192 valence electrons. The predicted octanol–water partition coefficient (Wildman–Crippen LogP) is 6.49. The molecule has 0 bridgehead atoms. The summed E-state index contributed by atoms with van der Waals surface area (Å²) in [7, 11) is 0. The van der Waals surface area contributed by atoms with Crippen LogP contribution in [0.1, 0.15) is 59.9 Å². The van der Waals surface area contributed by atoms with Crippen molar-refractivity contribution in [2.75, 3.05) is 4.90 Å². The molecule has 0 spiro atoms. The number of carboxylic acid groups (broad SMARTS) is 1. The van der Waals surface area contributed by atoms with Crippen molar-refractivity contribution in [2.24, 2.45) is 0 Å². The van der Waals surface area contributed by atoms with E-state index in [2.05, 4.69) is 5.10 Å². The van der Waals surface area contributed by atoms with Crippen LogP contribution in [0.5, 0.6) is 0 Å². The lowest BCUT2D eigenvalue weighted by atomic mass is 9.94. The van der Waals surface area contributed by atoms with Crippen molar-refractivity contribution in [3.8, 4) is 0 Å². The highest BCUT2D eigenvalue weighted by Gasteiger charge is 2.65. The third kappa shape index (κ3) is 5.16. The Bertz CT molecular complexity index is 1180. The summed E-state index contributed by atoms with van der Waals surface area (Å²) in [5.41, 5.74) is -4.91. The fourth-order valence-electron chi connectivity index (χ4n) is 3.49. The zero-order chi connectivity index (χ0) is 26.7. The summed E-state index contributed by atoms with van der Waals surface area (Å²) in [6.07, 6.45) is -9.18. The first-order valence-electron chi connectivity index (χ1n) is 10.6. The van der Waals surface area contributed by atoms with Crippen molar-refractivity contribution >= 4 is 46.6 Å². The zero-order valence-electron chi connectivity index (χ0n) is 19.9. The first kappa shape index (κ1) is 26.6. The van der Waals surface area contributed by atoms with Crippen LogP contribution in [0.25, 0.3) is 10.9 Å². The van der Waals surface area contributed by atoms with E-state index < -0.39 is 46.9 Å². The van der Waals surface area contributed by atoms with Gasteiger partial charge in [-0.25, -0.2) is 14.4 Å². The van der Waals surface area contributed by atoms with Gasteiger partial charge in [-0.05, 0) is 72.1 Å². The monoisotopic (exact) mass is 519 g/mol. The van der Waals surface area contributed by atoms with Crippen molar-refractivity contribution in [3.63, 3.8) is 0 Å². The first-order valence-corrected chi connectivity index (χ1v) is 10.9. The van der Waals surface area contributed by atoms with Gasteiger partial charge in [-0.1, -0.05) is 11.6 Å². The summed E-state index contributed by atoms with van der Waals surface area (Å²) >= 11 is 6.17. The number of amides is 2. The molecule has 35 heavy (non-hydrogen) atoms. The van der Waals surface area contributed by atoms with Crippen LogP contribution >= 0.6 is 11.6 Å². The minimum Gasteiger partial charge on any atom is -0.463 e. The Morgan fingerprint density at radius 1 is 1.03 bits per heavy atom. The molecule has 0 saturated heterocycles. The topological polar surface area (TPSA) is 111 Å². The van der Waals surface area contributed by atoms with Gasteiger partial charge in [0.15, 0.2) is 5.82 Å². The Hall–Kier alpha value is -3.02. The van der Waals surface area contributed by atoms with E-state index in [9.17, 15) is 32.7 Å². The van der Waals surface area contributed by atoms with Crippen molar-refractivity contribution in [3.05, 3.63) is 22.7 Å². The normalized spacial score (nSPS) is 15.6. The molecule has 1 aliphatic rings. The fraction of sp³-hybridized carbons (Fsp3) is 0.545. The van der Waals surface area contributed by atoms with E-state index >= 15 is 0 Å². The molecule has 13 heteroatoms. The molecule has 0 radical (unpaired) electrons. The van der Waals surface area contributed by atoms with Crippen molar-refractivity contribution < 1.29 is 42.1 Å². The van der Waals surface area contributed by atoms with E-state index in [1.165, 1.54) is 41.5 Å². The average Bonchev–Trinajstić information content (AvgIpc) is 3.37. The largest absolute Gasteiger partial charge is 0.463 e. The van der Waals surface area contributed by atoms with Crippen LogP contribution in [0.15, 0.2) is 12.1 Å². The molecule has 2 aromatic rings. The van der Waals surface area contributed by atoms with Crippen LogP contribution in [0.4, 0.5) is 33.4 Å². The maximum Gasteiger partial charge on any atom is 0.432 e. The van der Waals surface area contributed by atoms with Crippen LogP contribution in [-0.4, -0.2) is 50.5 Å². The van der Waals surface area contributed by atoms with Gasteiger partial charge in [0.05, 0.1) is 10.9 Å². The molecular formula is C22H25ClF3N3O6. The fourth-order valence-corrected chi connectivity index (χ4v) is 3.83. The van der Waals surface area contributed by atoms with Gasteiger partial charge in [-0.2, -0.15) is 22.8 Å². The van der Waals surface area contributed by atoms with Crippen LogP contribution in [0, 0.1) is 0 Å². The third-order valence-electron chi connectivity index (χ3n) is 5.10. The van der Waals surface area contributed by atoms with Gasteiger partial charge in [0, 0.05) is 10.4 Å². The second kappa shape index (κ2) is 8.28. The highest BCUT2D eigenvalue weighted by Crippen LogP contribution is 2.60. The summed E-state index contributed by atoms with van der Waals surface area (Å²) in [6.45, 7) is 9.19. The standard InChI is InChI=1S/C22H25ClF3N3O6/c1-19(2,3)34-17(32)28(18(33)35-20(4,5)6)15-11-9-12(21(7-8-21)22(24,25)26)13(23)10-14(11)29(27-15)16(30)31/h9-10H,7-8H2,1-6H3,(H,30,31). The van der Waals surface area contributed by atoms with E-state index in [1.54, 1.807) is 0 Å². The molecule has 0 aliphatic heterocycles. The number of carbonyl (C=O) groups excluding carboxylic acids is 2. The number of alkyl halides is 3. The Kier molecular flexibility index (Phi) is 6.29. The Balaban J connectivity index is 2.30. The molecule has 1 aromatic heterocycles. The number of imide groups is 1. The second-order valence-corrected chi connectivity index (χ2v) is 10.7. The maximum atomic E-state index is 13.9. The summed E-state index contributed by atoms with van der Waals surface area (Å²) in [5, 5.41) is 12.9. The van der Waals surface area contributed by atoms with Crippen molar-refractivity contribution in [2.45, 2.75) is 77.2 Å². The Morgan fingerprint density at radius 2 is 1.51 bits per heavy atom. The molecule has 0 unspecified atom stereocenters. The van der Waals surface area contributed by atoms with Gasteiger partial charge >= 0.3 is 24.5 Å². The SMILES string of the molecule is CC(C)(C)OC(=O)N(C(=O)OC(C)(C)C)c1nn(C(=O)O)c2cc(Cl)c(C3(C(F)(F)F)CC3)cc12. The number of aromatic nitrogens is 2. The van der Waals surface area contributed by atoms with Crippen LogP contribution in [0.2, 0.25) is 5.02 Å². The quantitative estimate of drug-likeness (QED) is 0.483. The van der Waals surface area contributed by atoms with E-state index in [4.69, 9.17) is 21.1 Å². The Labute approximate surface area is 203 Å². The number of ether oxygens (including phenoxy) is 2. The molecule has 1 heterocycles. The number of hydrogen-bond donors (Lipinski definition) is 1. The average molecular weight is 520 g/mol. The van der Waals surface area contributed by atoms with Crippen LogP contribution in [-0.2, 0) is 14.9 Å². The molecule has 3 rings (SSSR count). The second-order valence-electron chi connectivity index (χ2n) is 10.2. The molecule has 1 saturated carbocycles. The van der Waals surface area contributed by atoms with Crippen LogP contribution < -0.4 is 4.90 Å². The zero-order valence-corrected chi connectivity index (χ0v) is 20.7. The molecule has 1 aliphatic carbocycles. The van der Waals surface area contributed by atoms with E-state index in [0.717, 1.165) is 12.1 Å². The van der Waals surface area contributed by atoms with Gasteiger partial charge in [0.1, 0.15) is 11.2 Å². The maximum absolute atomic E-state index is 13.9. The van der Waals surface area contributed by atoms with E-state index in [-0.39, 0.29) is 34.3 Å². The van der Waals surface area contributed by atoms with Gasteiger partial charge < -0.3 is 14.6 Å². The van der Waals surface area contributed by atoms with Crippen molar-refractivity contribution in [1.82, 2.24) is 9.78 Å². The van der Waals surface area contributed by atoms with Crippen LogP contribution in [0.3, 0.4) is 0 Å². The molecule has 0 atom stereocenters. The number of rotatable bonds is 2. The third-order valence-corrected chi connectivity index (χ3v) is 5.42. The molecule has 9 nitrogen and oxygen atoms in total. The van der Waals surface area contributed by atoms with E-state index in [0.29, 0.717) is 9.58 Å². The molecule has 2 amide bonds. The molecule has 1 fully saturated rings. The highest BCUT2D eigenvalue weighted by atomic mass is 35.5. The summed E-state index contributed by atoms with van der Waals surface area (Å²) < 4.78 is 52.5. The molecular weight excluding hydrogens is 495 g/mol. The number of fused-ring (bicyclic) bond motifs is 1. The van der Waals surface area contributed by atoms with E-state index in [1.807, 2.05) is 0 Å². The lowest BCUT2D eigenvalue weighted by molar-refractivity contribution is -0.160. The summed E-state index contributed by atoms with van der Waals surface area (Å²) in [5.74, 6) is -0.568.